The van der Waals surface area contributed by atoms with Gasteiger partial charge < -0.3 is 14.2 Å². The van der Waals surface area contributed by atoms with E-state index in [1.165, 1.54) is 11.8 Å². The topological polar surface area (TPSA) is 91.1 Å². The Balaban J connectivity index is 2.05. The average molecular weight is 461 g/mol. The summed E-state index contributed by atoms with van der Waals surface area (Å²) in [7, 11) is 3.20. The molecule has 0 radical (unpaired) electrons. The van der Waals surface area contributed by atoms with Gasteiger partial charge in [0.15, 0.2) is 0 Å². The van der Waals surface area contributed by atoms with Crippen LogP contribution in [0, 0.1) is 5.92 Å². The van der Waals surface area contributed by atoms with Gasteiger partial charge in [-0.2, -0.15) is 11.8 Å². The van der Waals surface area contributed by atoms with Gasteiger partial charge in [0.2, 0.25) is 0 Å². The third-order valence-corrected chi connectivity index (χ3v) is 5.60. The SMILES string of the molecule is COc1ccc(CSC[C@@H](C(=O)OC(C)(C)C)C(=O)N(N)Cc2ccc(OC)cc2)cc1. The van der Waals surface area contributed by atoms with Gasteiger partial charge in [-0.15, -0.1) is 0 Å². The average Bonchev–Trinajstić information content (AvgIpc) is 2.76. The number of ether oxygens (including phenoxy) is 3. The second-order valence-electron chi connectivity index (χ2n) is 8.26. The summed E-state index contributed by atoms with van der Waals surface area (Å²) in [6.07, 6.45) is 0. The van der Waals surface area contributed by atoms with Crippen LogP contribution < -0.4 is 15.3 Å². The Morgan fingerprint density at radius 1 is 0.938 bits per heavy atom. The molecule has 7 nitrogen and oxygen atoms in total. The molecule has 8 heteroatoms. The fourth-order valence-electron chi connectivity index (χ4n) is 2.84. The number of hydrogen-bond acceptors (Lipinski definition) is 7. The van der Waals surface area contributed by atoms with Crippen LogP contribution >= 0.6 is 11.8 Å². The molecule has 2 N–H and O–H groups in total. The van der Waals surface area contributed by atoms with Gasteiger partial charge in [0.25, 0.3) is 5.91 Å². The van der Waals surface area contributed by atoms with Crippen molar-refractivity contribution in [2.24, 2.45) is 11.8 Å². The quantitative estimate of drug-likeness (QED) is 0.190. The molecular formula is C24H32N2O5S. The zero-order valence-electron chi connectivity index (χ0n) is 19.3. The van der Waals surface area contributed by atoms with Crippen molar-refractivity contribution in [3.8, 4) is 11.5 Å². The molecular weight excluding hydrogens is 428 g/mol. The molecule has 0 aliphatic heterocycles. The van der Waals surface area contributed by atoms with Gasteiger partial charge in [0, 0.05) is 11.5 Å². The molecule has 0 unspecified atom stereocenters. The molecule has 0 bridgehead atoms. The Bertz CT molecular complexity index is 879. The summed E-state index contributed by atoms with van der Waals surface area (Å²) < 4.78 is 15.8. The normalized spacial score (nSPS) is 12.1. The van der Waals surface area contributed by atoms with E-state index in [0.29, 0.717) is 11.5 Å². The van der Waals surface area contributed by atoms with Gasteiger partial charge in [-0.25, -0.2) is 5.84 Å². The molecule has 174 valence electrons. The number of amides is 1. The predicted octanol–water partition coefficient (Wildman–Crippen LogP) is 3.80. The summed E-state index contributed by atoms with van der Waals surface area (Å²) in [5.74, 6) is 6.40. The Morgan fingerprint density at radius 3 is 1.91 bits per heavy atom. The second kappa shape index (κ2) is 11.8. The van der Waals surface area contributed by atoms with Crippen LogP contribution in [0.4, 0.5) is 0 Å². The number of nitrogens with two attached hydrogens (primary N) is 1. The predicted molar refractivity (Wildman–Crippen MR) is 126 cm³/mol. The number of methoxy groups -OCH3 is 2. The third-order valence-electron chi connectivity index (χ3n) is 4.50. The zero-order valence-corrected chi connectivity index (χ0v) is 20.1. The Labute approximate surface area is 194 Å². The summed E-state index contributed by atoms with van der Waals surface area (Å²) in [5, 5.41) is 1.07. The van der Waals surface area contributed by atoms with E-state index in [-0.39, 0.29) is 12.3 Å². The van der Waals surface area contributed by atoms with Crippen LogP contribution in [0.5, 0.6) is 11.5 Å². The molecule has 2 aromatic carbocycles. The van der Waals surface area contributed by atoms with Crippen molar-refractivity contribution in [3.63, 3.8) is 0 Å². The first kappa shape index (κ1) is 25.5. The maximum absolute atomic E-state index is 13.1. The van der Waals surface area contributed by atoms with Crippen molar-refractivity contribution in [3.05, 3.63) is 59.7 Å². The fourth-order valence-corrected chi connectivity index (χ4v) is 3.90. The summed E-state index contributed by atoms with van der Waals surface area (Å²) >= 11 is 1.48. The van der Waals surface area contributed by atoms with Crippen LogP contribution in [0.3, 0.4) is 0 Å². The standard InChI is InChI=1S/C24H32N2O5S/c1-24(2,3)31-23(28)21(16-32-15-18-8-12-20(30-5)13-9-18)22(27)26(25)14-17-6-10-19(29-4)11-7-17/h6-13,21H,14-16,25H2,1-5H3/t21-/m1/s1. The summed E-state index contributed by atoms with van der Waals surface area (Å²) in [6, 6.07) is 14.9. The number of thioether (sulfide) groups is 1. The largest absolute Gasteiger partial charge is 0.497 e. The van der Waals surface area contributed by atoms with E-state index in [0.717, 1.165) is 21.9 Å². The van der Waals surface area contributed by atoms with Crippen LogP contribution in [-0.4, -0.2) is 42.5 Å². The van der Waals surface area contributed by atoms with Crippen molar-refractivity contribution in [1.29, 1.82) is 0 Å². The Hall–Kier alpha value is -2.71. The summed E-state index contributed by atoms with van der Waals surface area (Å²) in [5.41, 5.74) is 1.19. The van der Waals surface area contributed by atoms with Crippen LogP contribution in [-0.2, 0) is 26.6 Å². The lowest BCUT2D eigenvalue weighted by molar-refractivity contribution is -0.164. The van der Waals surface area contributed by atoms with E-state index in [4.69, 9.17) is 20.1 Å². The smallest absolute Gasteiger partial charge is 0.319 e. The minimum atomic E-state index is -0.999. The van der Waals surface area contributed by atoms with E-state index in [1.807, 2.05) is 36.4 Å². The Kier molecular flexibility index (Phi) is 9.41. The van der Waals surface area contributed by atoms with Crippen LogP contribution in [0.1, 0.15) is 31.9 Å². The van der Waals surface area contributed by atoms with Gasteiger partial charge in [0.1, 0.15) is 23.0 Å². The van der Waals surface area contributed by atoms with Gasteiger partial charge in [0.05, 0.1) is 20.8 Å². The number of esters is 1. The maximum atomic E-state index is 13.1. The highest BCUT2D eigenvalue weighted by Crippen LogP contribution is 2.22. The first-order valence-electron chi connectivity index (χ1n) is 10.3. The van der Waals surface area contributed by atoms with Gasteiger partial charge in [-0.3, -0.25) is 14.6 Å². The summed E-state index contributed by atoms with van der Waals surface area (Å²) in [6.45, 7) is 5.49. The molecule has 2 rings (SSSR count). The van der Waals surface area contributed by atoms with Crippen molar-refractivity contribution in [1.82, 2.24) is 5.01 Å². The van der Waals surface area contributed by atoms with Crippen molar-refractivity contribution < 1.29 is 23.8 Å². The monoisotopic (exact) mass is 460 g/mol. The molecule has 2 aromatic rings. The van der Waals surface area contributed by atoms with Crippen molar-refractivity contribution in [2.45, 2.75) is 38.7 Å². The van der Waals surface area contributed by atoms with Crippen LogP contribution in [0.15, 0.2) is 48.5 Å². The van der Waals surface area contributed by atoms with Crippen molar-refractivity contribution in [2.75, 3.05) is 20.0 Å². The molecule has 0 spiro atoms. The van der Waals surface area contributed by atoms with Gasteiger partial charge in [-0.1, -0.05) is 24.3 Å². The third kappa shape index (κ3) is 8.09. The molecule has 0 aromatic heterocycles. The second-order valence-corrected chi connectivity index (χ2v) is 9.29. The van der Waals surface area contributed by atoms with E-state index in [2.05, 4.69) is 0 Å². The molecule has 0 fully saturated rings. The number of hydrazine groups is 1. The summed E-state index contributed by atoms with van der Waals surface area (Å²) in [4.78, 5) is 25.9. The van der Waals surface area contributed by atoms with E-state index >= 15 is 0 Å². The van der Waals surface area contributed by atoms with E-state index in [1.54, 1.807) is 47.1 Å². The molecule has 0 saturated heterocycles. The lowest BCUT2D eigenvalue weighted by Crippen LogP contribution is -2.46. The van der Waals surface area contributed by atoms with Crippen LogP contribution in [0.2, 0.25) is 0 Å². The first-order valence-corrected chi connectivity index (χ1v) is 11.4. The van der Waals surface area contributed by atoms with Crippen molar-refractivity contribution >= 4 is 23.6 Å². The zero-order chi connectivity index (χ0) is 23.7. The number of hydrogen-bond donors (Lipinski definition) is 1. The minimum Gasteiger partial charge on any atom is -0.497 e. The first-order chi connectivity index (χ1) is 15.1. The Morgan fingerprint density at radius 2 is 1.44 bits per heavy atom. The molecule has 0 heterocycles. The molecule has 0 saturated carbocycles. The molecule has 0 aliphatic rings. The molecule has 1 atom stereocenters. The number of nitrogens with zero attached hydrogens (tertiary/aromatic N) is 1. The fraction of sp³-hybridized carbons (Fsp3) is 0.417. The van der Waals surface area contributed by atoms with E-state index < -0.39 is 23.4 Å². The van der Waals surface area contributed by atoms with Gasteiger partial charge in [-0.05, 0) is 56.2 Å². The lowest BCUT2D eigenvalue weighted by atomic mass is 10.1. The number of benzene rings is 2. The maximum Gasteiger partial charge on any atom is 0.319 e. The minimum absolute atomic E-state index is 0.172. The van der Waals surface area contributed by atoms with Gasteiger partial charge >= 0.3 is 5.97 Å². The van der Waals surface area contributed by atoms with Crippen LogP contribution in [0.25, 0.3) is 0 Å². The highest BCUT2D eigenvalue weighted by Gasteiger charge is 2.33. The molecule has 1 amide bonds. The molecule has 32 heavy (non-hydrogen) atoms. The highest BCUT2D eigenvalue weighted by molar-refractivity contribution is 7.98. The lowest BCUT2D eigenvalue weighted by Gasteiger charge is -2.26. The van der Waals surface area contributed by atoms with E-state index in [9.17, 15) is 9.59 Å². The molecule has 0 aliphatic carbocycles. The number of carbonyl (C=O) groups excluding carboxylic acids is 2. The highest BCUT2D eigenvalue weighted by atomic mass is 32.2. The number of carbonyl (C=O) groups is 2. The number of rotatable bonds is 10.